The molecule has 0 saturated carbocycles. The van der Waals surface area contributed by atoms with Gasteiger partial charge in [0.25, 0.3) is 0 Å². The molecule has 25 heavy (non-hydrogen) atoms. The van der Waals surface area contributed by atoms with Crippen molar-refractivity contribution >= 4 is 23.4 Å². The summed E-state index contributed by atoms with van der Waals surface area (Å²) in [6.45, 7) is 2.70. The highest BCUT2D eigenvalue weighted by Gasteiger charge is 2.21. The molecule has 1 saturated heterocycles. The van der Waals surface area contributed by atoms with Crippen molar-refractivity contribution in [3.8, 4) is 0 Å². The first kappa shape index (κ1) is 17.8. The van der Waals surface area contributed by atoms with E-state index in [1.165, 1.54) is 5.56 Å². The Morgan fingerprint density at radius 1 is 0.920 bits per heavy atom. The van der Waals surface area contributed by atoms with E-state index in [1.807, 2.05) is 27.3 Å². The molecule has 4 rings (SSSR count). The summed E-state index contributed by atoms with van der Waals surface area (Å²) in [4.78, 5) is 13.1. The second kappa shape index (κ2) is 7.89. The van der Waals surface area contributed by atoms with Crippen LogP contribution in [0.2, 0.25) is 0 Å². The Labute approximate surface area is 153 Å². The number of imidazole rings is 1. The topological polar surface area (TPSA) is 39.0 Å². The van der Waals surface area contributed by atoms with E-state index in [9.17, 15) is 4.79 Å². The standard InChI is InChI=1S/C20H23N3O.ClH/c24-20-22(15-12-16-6-2-1-3-7-16)18-8-4-5-9-19(18)23(20)17-10-13-21-14-11-17;/h1-9,17,21H,10-15H2;1H. The second-order valence-corrected chi connectivity index (χ2v) is 6.51. The van der Waals surface area contributed by atoms with Gasteiger partial charge in [-0.1, -0.05) is 42.5 Å². The van der Waals surface area contributed by atoms with Gasteiger partial charge >= 0.3 is 5.69 Å². The lowest BCUT2D eigenvalue weighted by molar-refractivity contribution is 0.364. The number of aryl methyl sites for hydroxylation is 2. The third kappa shape index (κ3) is 3.51. The molecule has 1 aliphatic rings. The quantitative estimate of drug-likeness (QED) is 0.777. The molecule has 3 aromatic rings. The molecule has 0 spiro atoms. The minimum Gasteiger partial charge on any atom is -0.317 e. The van der Waals surface area contributed by atoms with Crippen LogP contribution in [0.3, 0.4) is 0 Å². The minimum atomic E-state index is 0. The Kier molecular flexibility index (Phi) is 5.61. The number of hydrogen-bond acceptors (Lipinski definition) is 2. The van der Waals surface area contributed by atoms with Crippen LogP contribution in [0, 0.1) is 0 Å². The number of fused-ring (bicyclic) bond motifs is 1. The molecule has 4 nitrogen and oxygen atoms in total. The first-order valence-electron chi connectivity index (χ1n) is 8.79. The number of nitrogens with zero attached hydrogens (tertiary/aromatic N) is 2. The molecule has 0 radical (unpaired) electrons. The Morgan fingerprint density at radius 3 is 2.28 bits per heavy atom. The van der Waals surface area contributed by atoms with E-state index in [4.69, 9.17) is 0 Å². The number of piperidine rings is 1. The Morgan fingerprint density at radius 2 is 1.56 bits per heavy atom. The van der Waals surface area contributed by atoms with E-state index in [-0.39, 0.29) is 18.1 Å². The van der Waals surface area contributed by atoms with Gasteiger partial charge in [0, 0.05) is 12.6 Å². The summed E-state index contributed by atoms with van der Waals surface area (Å²) in [5, 5.41) is 3.38. The van der Waals surface area contributed by atoms with Crippen LogP contribution in [0.15, 0.2) is 59.4 Å². The summed E-state index contributed by atoms with van der Waals surface area (Å²) in [5.41, 5.74) is 3.53. The Bertz CT molecular complexity index is 879. The number of hydrogen-bond donors (Lipinski definition) is 1. The lowest BCUT2D eigenvalue weighted by Crippen LogP contribution is -2.35. The average molecular weight is 358 g/mol. The summed E-state index contributed by atoms with van der Waals surface area (Å²) >= 11 is 0. The van der Waals surface area contributed by atoms with Crippen molar-refractivity contribution in [3.63, 3.8) is 0 Å². The molecule has 2 aromatic carbocycles. The van der Waals surface area contributed by atoms with Gasteiger partial charge in [0.2, 0.25) is 0 Å². The van der Waals surface area contributed by atoms with Gasteiger partial charge in [0.15, 0.2) is 0 Å². The number of nitrogens with one attached hydrogen (secondary N) is 1. The smallest absolute Gasteiger partial charge is 0.317 e. The maximum Gasteiger partial charge on any atom is 0.329 e. The lowest BCUT2D eigenvalue weighted by Gasteiger charge is -2.23. The van der Waals surface area contributed by atoms with Crippen molar-refractivity contribution in [2.24, 2.45) is 0 Å². The van der Waals surface area contributed by atoms with Crippen LogP contribution in [0.1, 0.15) is 24.4 Å². The van der Waals surface area contributed by atoms with E-state index in [2.05, 4.69) is 41.7 Å². The van der Waals surface area contributed by atoms with Crippen molar-refractivity contribution in [3.05, 3.63) is 70.6 Å². The van der Waals surface area contributed by atoms with Crippen LogP contribution in [0.4, 0.5) is 0 Å². The SMILES string of the molecule is Cl.O=c1n(CCc2ccccc2)c2ccccc2n1C1CCNCC1. The Balaban J connectivity index is 0.00000182. The first-order valence-corrected chi connectivity index (χ1v) is 8.79. The maximum absolute atomic E-state index is 13.1. The van der Waals surface area contributed by atoms with E-state index < -0.39 is 0 Å². The number of rotatable bonds is 4. The molecule has 0 unspecified atom stereocenters. The molecule has 1 aromatic heterocycles. The summed E-state index contributed by atoms with van der Waals surface area (Å²) in [6, 6.07) is 18.9. The highest BCUT2D eigenvalue weighted by atomic mass is 35.5. The molecule has 2 heterocycles. The third-order valence-electron chi connectivity index (χ3n) is 5.01. The summed E-state index contributed by atoms with van der Waals surface area (Å²) in [5.74, 6) is 0. The number of benzene rings is 2. The molecule has 1 aliphatic heterocycles. The fourth-order valence-electron chi connectivity index (χ4n) is 3.75. The molecular weight excluding hydrogens is 334 g/mol. The van der Waals surface area contributed by atoms with E-state index >= 15 is 0 Å². The molecule has 0 bridgehead atoms. The van der Waals surface area contributed by atoms with Gasteiger partial charge in [-0.15, -0.1) is 12.4 Å². The number of para-hydroxylation sites is 2. The zero-order valence-electron chi connectivity index (χ0n) is 14.2. The molecule has 5 heteroatoms. The van der Waals surface area contributed by atoms with Gasteiger partial charge in [-0.2, -0.15) is 0 Å². The average Bonchev–Trinajstić information content (AvgIpc) is 2.93. The van der Waals surface area contributed by atoms with Crippen molar-refractivity contribution in [1.82, 2.24) is 14.5 Å². The van der Waals surface area contributed by atoms with E-state index in [1.54, 1.807) is 0 Å². The molecule has 132 valence electrons. The maximum atomic E-state index is 13.1. The van der Waals surface area contributed by atoms with Crippen LogP contribution >= 0.6 is 12.4 Å². The van der Waals surface area contributed by atoms with Gasteiger partial charge in [0.05, 0.1) is 11.0 Å². The fraction of sp³-hybridized carbons (Fsp3) is 0.350. The molecule has 0 aliphatic carbocycles. The van der Waals surface area contributed by atoms with Gasteiger partial charge in [-0.05, 0) is 50.0 Å². The molecule has 0 amide bonds. The highest BCUT2D eigenvalue weighted by Crippen LogP contribution is 2.23. The largest absolute Gasteiger partial charge is 0.329 e. The van der Waals surface area contributed by atoms with Gasteiger partial charge in [0.1, 0.15) is 0 Å². The predicted octanol–water partition coefficient (Wildman–Crippen LogP) is 3.39. The van der Waals surface area contributed by atoms with Crippen LogP contribution in [0.5, 0.6) is 0 Å². The van der Waals surface area contributed by atoms with Crippen LogP contribution in [-0.4, -0.2) is 22.2 Å². The summed E-state index contributed by atoms with van der Waals surface area (Å²) in [7, 11) is 0. The first-order chi connectivity index (χ1) is 11.8. The van der Waals surface area contributed by atoms with Gasteiger partial charge < -0.3 is 5.32 Å². The van der Waals surface area contributed by atoms with E-state index in [0.29, 0.717) is 6.04 Å². The lowest BCUT2D eigenvalue weighted by atomic mass is 10.1. The summed E-state index contributed by atoms with van der Waals surface area (Å²) in [6.07, 6.45) is 2.92. The molecule has 0 atom stereocenters. The highest BCUT2D eigenvalue weighted by molar-refractivity contribution is 5.85. The van der Waals surface area contributed by atoms with Crippen molar-refractivity contribution < 1.29 is 0 Å². The number of aromatic nitrogens is 2. The van der Waals surface area contributed by atoms with Crippen LogP contribution in [0.25, 0.3) is 11.0 Å². The van der Waals surface area contributed by atoms with E-state index in [0.717, 1.165) is 49.9 Å². The zero-order valence-corrected chi connectivity index (χ0v) is 15.0. The fourth-order valence-corrected chi connectivity index (χ4v) is 3.75. The van der Waals surface area contributed by atoms with Crippen LogP contribution < -0.4 is 11.0 Å². The molecular formula is C20H24ClN3O. The zero-order chi connectivity index (χ0) is 16.4. The van der Waals surface area contributed by atoms with Crippen molar-refractivity contribution in [2.45, 2.75) is 31.8 Å². The van der Waals surface area contributed by atoms with Crippen LogP contribution in [-0.2, 0) is 13.0 Å². The predicted molar refractivity (Wildman–Crippen MR) is 105 cm³/mol. The third-order valence-corrected chi connectivity index (χ3v) is 5.01. The van der Waals surface area contributed by atoms with Gasteiger partial charge in [-0.3, -0.25) is 9.13 Å². The minimum absolute atomic E-state index is 0. The summed E-state index contributed by atoms with van der Waals surface area (Å²) < 4.78 is 3.98. The van der Waals surface area contributed by atoms with Crippen molar-refractivity contribution in [1.29, 1.82) is 0 Å². The normalized spacial score (nSPS) is 15.2. The number of halogens is 1. The monoisotopic (exact) mass is 357 g/mol. The van der Waals surface area contributed by atoms with Gasteiger partial charge in [-0.25, -0.2) is 4.79 Å². The van der Waals surface area contributed by atoms with Crippen molar-refractivity contribution in [2.75, 3.05) is 13.1 Å². The second-order valence-electron chi connectivity index (χ2n) is 6.51. The molecule has 1 fully saturated rings. The Hall–Kier alpha value is -2.04. The molecule has 1 N–H and O–H groups in total.